The molecule has 0 radical (unpaired) electrons. The van der Waals surface area contributed by atoms with E-state index in [-0.39, 0.29) is 15.6 Å². The van der Waals surface area contributed by atoms with Gasteiger partial charge in [0.05, 0.1) is 14.8 Å². The minimum Gasteiger partial charge on any atom is -0.399 e. The van der Waals surface area contributed by atoms with Gasteiger partial charge < -0.3 is 5.73 Å². The van der Waals surface area contributed by atoms with Crippen LogP contribution in [0.4, 0.5) is 5.69 Å². The van der Waals surface area contributed by atoms with E-state index >= 15 is 0 Å². The molecular formula is C13H13ClN2O4S2. The van der Waals surface area contributed by atoms with E-state index in [9.17, 15) is 16.8 Å². The van der Waals surface area contributed by atoms with E-state index in [1.807, 2.05) is 0 Å². The summed E-state index contributed by atoms with van der Waals surface area (Å²) < 4.78 is 48.8. The van der Waals surface area contributed by atoms with Crippen LogP contribution >= 0.6 is 11.6 Å². The summed E-state index contributed by atoms with van der Waals surface area (Å²) in [6.07, 6.45) is 0. The number of nitrogen functional groups attached to an aromatic ring is 1. The normalized spacial score (nSPS) is 12.3. The molecule has 6 nitrogen and oxygen atoms in total. The van der Waals surface area contributed by atoms with Crippen LogP contribution in [-0.4, -0.2) is 16.8 Å². The smallest absolute Gasteiger partial charge is 0.239 e. The molecule has 2 aromatic rings. The Morgan fingerprint density at radius 2 is 1.55 bits per heavy atom. The summed E-state index contributed by atoms with van der Waals surface area (Å²) >= 11 is 5.92. The number of nitrogens with two attached hydrogens (primary N) is 2. The number of hydrogen-bond donors (Lipinski definition) is 2. The Bertz CT molecular complexity index is 954. The number of sulfone groups is 1. The second-order valence-corrected chi connectivity index (χ2v) is 8.51. The molecule has 0 bridgehead atoms. The highest BCUT2D eigenvalue weighted by Crippen LogP contribution is 2.32. The Balaban J connectivity index is 2.85. The summed E-state index contributed by atoms with van der Waals surface area (Å²) in [5.74, 6) is 0. The summed E-state index contributed by atoms with van der Waals surface area (Å²) in [7, 11) is -8.42. The molecule has 0 unspecified atom stereocenters. The van der Waals surface area contributed by atoms with Crippen molar-refractivity contribution in [1.29, 1.82) is 0 Å². The van der Waals surface area contributed by atoms with Crippen LogP contribution in [0.1, 0.15) is 5.56 Å². The van der Waals surface area contributed by atoms with Gasteiger partial charge in [-0.3, -0.25) is 0 Å². The molecule has 2 aromatic carbocycles. The summed E-state index contributed by atoms with van der Waals surface area (Å²) in [5.41, 5.74) is 6.34. The highest BCUT2D eigenvalue weighted by atomic mass is 35.5. The predicted octanol–water partition coefficient (Wildman–Crippen LogP) is 1.71. The van der Waals surface area contributed by atoms with E-state index in [2.05, 4.69) is 0 Å². The zero-order chi connectivity index (χ0) is 16.7. The molecule has 0 aliphatic heterocycles. The third-order valence-corrected chi connectivity index (χ3v) is 6.31. The van der Waals surface area contributed by atoms with Gasteiger partial charge in [-0.15, -0.1) is 0 Å². The molecule has 2 rings (SSSR count). The van der Waals surface area contributed by atoms with E-state index in [1.54, 1.807) is 6.92 Å². The molecule has 22 heavy (non-hydrogen) atoms. The maximum atomic E-state index is 12.8. The van der Waals surface area contributed by atoms with Crippen LogP contribution in [-0.2, 0) is 19.9 Å². The number of primary sulfonamides is 1. The van der Waals surface area contributed by atoms with Crippen molar-refractivity contribution in [2.75, 3.05) is 5.73 Å². The quantitative estimate of drug-likeness (QED) is 0.807. The van der Waals surface area contributed by atoms with Crippen molar-refractivity contribution in [3.05, 3.63) is 47.0 Å². The van der Waals surface area contributed by atoms with E-state index in [0.717, 1.165) is 6.07 Å². The first kappa shape index (κ1) is 16.8. The summed E-state index contributed by atoms with van der Waals surface area (Å²) in [5, 5.41) is 5.04. The lowest BCUT2D eigenvalue weighted by Crippen LogP contribution is -2.17. The number of hydrogen-bond acceptors (Lipinski definition) is 5. The van der Waals surface area contributed by atoms with Crippen molar-refractivity contribution in [2.45, 2.75) is 21.6 Å². The van der Waals surface area contributed by atoms with Crippen LogP contribution in [0, 0.1) is 6.92 Å². The maximum Gasteiger partial charge on any atom is 0.239 e. The first-order valence-corrected chi connectivity index (χ1v) is 9.38. The lowest BCUT2D eigenvalue weighted by Gasteiger charge is -2.12. The van der Waals surface area contributed by atoms with Gasteiger partial charge in [-0.1, -0.05) is 17.7 Å². The molecule has 0 aliphatic rings. The number of benzene rings is 2. The molecule has 0 saturated carbocycles. The maximum absolute atomic E-state index is 12.8. The van der Waals surface area contributed by atoms with Crippen LogP contribution in [0.15, 0.2) is 51.1 Å². The van der Waals surface area contributed by atoms with Gasteiger partial charge in [-0.25, -0.2) is 22.0 Å². The predicted molar refractivity (Wildman–Crippen MR) is 83.9 cm³/mol. The molecule has 0 spiro atoms. The van der Waals surface area contributed by atoms with Gasteiger partial charge in [0, 0.05) is 5.69 Å². The van der Waals surface area contributed by atoms with Gasteiger partial charge in [0.1, 0.15) is 4.90 Å². The van der Waals surface area contributed by atoms with Crippen LogP contribution < -0.4 is 10.9 Å². The Morgan fingerprint density at radius 1 is 0.909 bits per heavy atom. The molecule has 9 heteroatoms. The third kappa shape index (κ3) is 3.09. The lowest BCUT2D eigenvalue weighted by molar-refractivity contribution is 0.583. The van der Waals surface area contributed by atoms with E-state index in [4.69, 9.17) is 22.5 Å². The molecular weight excluding hydrogens is 348 g/mol. The van der Waals surface area contributed by atoms with Crippen LogP contribution in [0.2, 0.25) is 5.02 Å². The van der Waals surface area contributed by atoms with E-state index < -0.39 is 29.7 Å². The summed E-state index contributed by atoms with van der Waals surface area (Å²) in [4.78, 5) is -1.19. The molecule has 4 N–H and O–H groups in total. The number of aryl methyl sites for hydroxylation is 1. The fraction of sp³-hybridized carbons (Fsp3) is 0.0769. The SMILES string of the molecule is Cc1ccc(S(N)(=O)=O)c(S(=O)(=O)c2cc(N)ccc2Cl)c1. The monoisotopic (exact) mass is 360 g/mol. The van der Waals surface area contributed by atoms with Crippen LogP contribution in [0.25, 0.3) is 0 Å². The van der Waals surface area contributed by atoms with Gasteiger partial charge in [0.15, 0.2) is 0 Å². The molecule has 0 amide bonds. The van der Waals surface area contributed by atoms with Crippen molar-refractivity contribution < 1.29 is 16.8 Å². The highest BCUT2D eigenvalue weighted by molar-refractivity contribution is 7.93. The van der Waals surface area contributed by atoms with Gasteiger partial charge in [-0.2, -0.15) is 0 Å². The standard InChI is InChI=1S/C13H13ClN2O4S2/c1-8-2-5-11(22(16,19)20)13(6-8)21(17,18)12-7-9(15)3-4-10(12)14/h2-7H,15H2,1H3,(H2,16,19,20). The van der Waals surface area contributed by atoms with Gasteiger partial charge in [0.2, 0.25) is 19.9 Å². The van der Waals surface area contributed by atoms with E-state index in [1.165, 1.54) is 30.3 Å². The van der Waals surface area contributed by atoms with Crippen LogP contribution in [0.5, 0.6) is 0 Å². The van der Waals surface area contributed by atoms with Gasteiger partial charge in [0.25, 0.3) is 0 Å². The van der Waals surface area contributed by atoms with Crippen molar-refractivity contribution in [2.24, 2.45) is 5.14 Å². The first-order valence-electron chi connectivity index (χ1n) is 5.97. The number of anilines is 1. The largest absolute Gasteiger partial charge is 0.399 e. The minimum absolute atomic E-state index is 0.0592. The molecule has 0 aliphatic carbocycles. The zero-order valence-corrected chi connectivity index (χ0v) is 13.8. The average Bonchev–Trinajstić information content (AvgIpc) is 2.40. The molecule has 0 saturated heterocycles. The Morgan fingerprint density at radius 3 is 2.14 bits per heavy atom. The second-order valence-electron chi connectivity index (χ2n) is 4.69. The van der Waals surface area contributed by atoms with Crippen molar-refractivity contribution in [3.63, 3.8) is 0 Å². The Labute approximate surface area is 133 Å². The molecule has 0 aromatic heterocycles. The molecule has 0 atom stereocenters. The molecule has 0 heterocycles. The number of rotatable bonds is 3. The second kappa shape index (κ2) is 5.54. The van der Waals surface area contributed by atoms with Crippen molar-refractivity contribution >= 4 is 37.1 Å². The van der Waals surface area contributed by atoms with Gasteiger partial charge in [-0.05, 0) is 42.8 Å². The van der Waals surface area contributed by atoms with Crippen LogP contribution in [0.3, 0.4) is 0 Å². The number of halogens is 1. The van der Waals surface area contributed by atoms with Crippen molar-refractivity contribution in [3.8, 4) is 0 Å². The highest BCUT2D eigenvalue weighted by Gasteiger charge is 2.28. The Hall–Kier alpha value is -1.61. The third-order valence-electron chi connectivity index (χ3n) is 2.94. The van der Waals surface area contributed by atoms with E-state index in [0.29, 0.717) is 5.56 Å². The fourth-order valence-electron chi connectivity index (χ4n) is 1.90. The zero-order valence-electron chi connectivity index (χ0n) is 11.4. The summed E-state index contributed by atoms with van der Waals surface area (Å²) in [6, 6.07) is 7.79. The summed E-state index contributed by atoms with van der Waals surface area (Å²) in [6.45, 7) is 1.63. The number of sulfonamides is 1. The van der Waals surface area contributed by atoms with Gasteiger partial charge >= 0.3 is 0 Å². The van der Waals surface area contributed by atoms with Crippen molar-refractivity contribution in [1.82, 2.24) is 0 Å². The average molecular weight is 361 g/mol. The lowest BCUT2D eigenvalue weighted by atomic mass is 10.2. The molecule has 118 valence electrons. The minimum atomic E-state index is -4.22. The fourth-order valence-corrected chi connectivity index (χ4v) is 5.13. The Kier molecular flexibility index (Phi) is 4.22. The molecule has 0 fully saturated rings. The topological polar surface area (TPSA) is 120 Å². The first-order chi connectivity index (χ1) is 10.0.